The molecule has 5 nitrogen and oxygen atoms in total. The van der Waals surface area contributed by atoms with Gasteiger partial charge in [-0.05, 0) is 37.6 Å². The van der Waals surface area contributed by atoms with Gasteiger partial charge in [-0.1, -0.05) is 0 Å². The Morgan fingerprint density at radius 2 is 2.06 bits per heavy atom. The number of hydrogen-bond donors (Lipinski definition) is 2. The van der Waals surface area contributed by atoms with Crippen molar-refractivity contribution in [2.75, 3.05) is 18.9 Å². The maximum atomic E-state index is 11.6. The van der Waals surface area contributed by atoms with E-state index in [0.29, 0.717) is 17.8 Å². The second-order valence-corrected chi connectivity index (χ2v) is 3.78. The van der Waals surface area contributed by atoms with Crippen molar-refractivity contribution < 1.29 is 14.7 Å². The van der Waals surface area contributed by atoms with E-state index in [2.05, 4.69) is 5.32 Å². The van der Waals surface area contributed by atoms with Gasteiger partial charge in [0.1, 0.15) is 0 Å². The summed E-state index contributed by atoms with van der Waals surface area (Å²) in [5.41, 5.74) is 1.46. The van der Waals surface area contributed by atoms with Gasteiger partial charge in [0, 0.05) is 19.3 Å². The van der Waals surface area contributed by atoms with Gasteiger partial charge in [-0.2, -0.15) is 0 Å². The zero-order chi connectivity index (χ0) is 13.0. The maximum Gasteiger partial charge on any atom is 0.335 e. The quantitative estimate of drug-likeness (QED) is 0.845. The van der Waals surface area contributed by atoms with E-state index < -0.39 is 5.97 Å². The highest BCUT2D eigenvalue weighted by Crippen LogP contribution is 2.15. The minimum Gasteiger partial charge on any atom is -0.478 e. The molecule has 5 heteroatoms. The summed E-state index contributed by atoms with van der Waals surface area (Å²) in [6, 6.07) is 4.50. The van der Waals surface area contributed by atoms with E-state index in [0.717, 1.165) is 0 Å². The summed E-state index contributed by atoms with van der Waals surface area (Å²) in [7, 11) is 1.69. The van der Waals surface area contributed by atoms with Crippen molar-refractivity contribution in [3.8, 4) is 0 Å². The molecule has 0 atom stereocenters. The molecule has 0 aromatic heterocycles. The number of anilines is 1. The molecule has 1 aromatic carbocycles. The van der Waals surface area contributed by atoms with Crippen LogP contribution in [0.15, 0.2) is 18.2 Å². The number of aromatic carboxylic acids is 1. The third-order valence-electron chi connectivity index (χ3n) is 2.53. The SMILES string of the molecule is CCN(C)C(=O)Nc1ccc(C(=O)O)c(C)c1. The Morgan fingerprint density at radius 1 is 1.41 bits per heavy atom. The first-order chi connectivity index (χ1) is 7.95. The monoisotopic (exact) mass is 236 g/mol. The van der Waals surface area contributed by atoms with Crippen molar-refractivity contribution in [3.63, 3.8) is 0 Å². The third kappa shape index (κ3) is 3.21. The fourth-order valence-electron chi connectivity index (χ4n) is 1.34. The topological polar surface area (TPSA) is 69.6 Å². The summed E-state index contributed by atoms with van der Waals surface area (Å²) in [5.74, 6) is -0.967. The van der Waals surface area contributed by atoms with Crippen LogP contribution < -0.4 is 5.32 Å². The number of carbonyl (C=O) groups excluding carboxylic acids is 1. The molecule has 0 fully saturated rings. The average Bonchev–Trinajstić information content (AvgIpc) is 2.27. The molecule has 0 spiro atoms. The fourth-order valence-corrected chi connectivity index (χ4v) is 1.34. The van der Waals surface area contributed by atoms with Gasteiger partial charge in [0.2, 0.25) is 0 Å². The lowest BCUT2D eigenvalue weighted by Gasteiger charge is -2.16. The maximum absolute atomic E-state index is 11.6. The van der Waals surface area contributed by atoms with Gasteiger partial charge in [0.25, 0.3) is 0 Å². The van der Waals surface area contributed by atoms with Crippen LogP contribution in [0.25, 0.3) is 0 Å². The number of aryl methyl sites for hydroxylation is 1. The van der Waals surface area contributed by atoms with Crippen molar-refractivity contribution in [2.24, 2.45) is 0 Å². The Bertz CT molecular complexity index is 443. The zero-order valence-corrected chi connectivity index (χ0v) is 10.2. The number of carboxylic acids is 1. The van der Waals surface area contributed by atoms with Crippen LogP contribution in [0, 0.1) is 6.92 Å². The molecule has 2 N–H and O–H groups in total. The summed E-state index contributed by atoms with van der Waals surface area (Å²) >= 11 is 0. The highest BCUT2D eigenvalue weighted by Gasteiger charge is 2.10. The Labute approximate surface area is 100 Å². The van der Waals surface area contributed by atoms with Crippen molar-refractivity contribution in [1.29, 1.82) is 0 Å². The second-order valence-electron chi connectivity index (χ2n) is 3.78. The van der Waals surface area contributed by atoms with E-state index in [1.807, 2.05) is 6.92 Å². The van der Waals surface area contributed by atoms with Crippen LogP contribution in [0.5, 0.6) is 0 Å². The summed E-state index contributed by atoms with van der Waals surface area (Å²) in [4.78, 5) is 23.9. The lowest BCUT2D eigenvalue weighted by atomic mass is 10.1. The molecule has 17 heavy (non-hydrogen) atoms. The van der Waals surface area contributed by atoms with E-state index in [-0.39, 0.29) is 11.6 Å². The standard InChI is InChI=1S/C12H16N2O3/c1-4-14(3)12(17)13-9-5-6-10(11(15)16)8(2)7-9/h5-7H,4H2,1-3H3,(H,13,17)(H,15,16). The van der Waals surface area contributed by atoms with Crippen molar-refractivity contribution >= 4 is 17.7 Å². The first kappa shape index (κ1) is 13.0. The molecule has 0 aliphatic heterocycles. The molecule has 0 aliphatic rings. The van der Waals surface area contributed by atoms with Crippen LogP contribution >= 0.6 is 0 Å². The van der Waals surface area contributed by atoms with Gasteiger partial charge in [0.05, 0.1) is 5.56 Å². The lowest BCUT2D eigenvalue weighted by Crippen LogP contribution is -2.30. The van der Waals surface area contributed by atoms with Crippen LogP contribution in [-0.4, -0.2) is 35.6 Å². The molecule has 0 radical (unpaired) electrons. The molecule has 0 unspecified atom stereocenters. The number of carbonyl (C=O) groups is 2. The number of amides is 2. The van der Waals surface area contributed by atoms with Crippen molar-refractivity contribution in [1.82, 2.24) is 4.90 Å². The zero-order valence-electron chi connectivity index (χ0n) is 10.2. The largest absolute Gasteiger partial charge is 0.478 e. The highest BCUT2D eigenvalue weighted by molar-refractivity contribution is 5.92. The predicted octanol–water partition coefficient (Wildman–Crippen LogP) is 2.18. The summed E-state index contributed by atoms with van der Waals surface area (Å²) in [6.45, 7) is 4.18. The summed E-state index contributed by atoms with van der Waals surface area (Å²) in [5, 5.41) is 11.6. The second kappa shape index (κ2) is 5.34. The van der Waals surface area contributed by atoms with Crippen LogP contribution in [0.2, 0.25) is 0 Å². The number of urea groups is 1. The Kier molecular flexibility index (Phi) is 4.09. The van der Waals surface area contributed by atoms with E-state index in [1.165, 1.54) is 11.0 Å². The molecule has 1 aromatic rings. The lowest BCUT2D eigenvalue weighted by molar-refractivity contribution is 0.0696. The summed E-state index contributed by atoms with van der Waals surface area (Å²) < 4.78 is 0. The Morgan fingerprint density at radius 3 is 2.53 bits per heavy atom. The van der Waals surface area contributed by atoms with Crippen LogP contribution in [0.3, 0.4) is 0 Å². The number of hydrogen-bond acceptors (Lipinski definition) is 2. The molecule has 1 rings (SSSR count). The average molecular weight is 236 g/mol. The van der Waals surface area contributed by atoms with Crippen molar-refractivity contribution in [2.45, 2.75) is 13.8 Å². The van der Waals surface area contributed by atoms with Gasteiger partial charge >= 0.3 is 12.0 Å². The molecule has 2 amide bonds. The van der Waals surface area contributed by atoms with Gasteiger partial charge in [0.15, 0.2) is 0 Å². The number of nitrogens with one attached hydrogen (secondary N) is 1. The Hall–Kier alpha value is -2.04. The van der Waals surface area contributed by atoms with E-state index in [4.69, 9.17) is 5.11 Å². The first-order valence-corrected chi connectivity index (χ1v) is 5.31. The van der Waals surface area contributed by atoms with Crippen LogP contribution in [0.4, 0.5) is 10.5 Å². The Balaban J connectivity index is 2.84. The summed E-state index contributed by atoms with van der Waals surface area (Å²) in [6.07, 6.45) is 0. The minimum absolute atomic E-state index is 0.213. The fraction of sp³-hybridized carbons (Fsp3) is 0.333. The van der Waals surface area contributed by atoms with Gasteiger partial charge in [-0.15, -0.1) is 0 Å². The third-order valence-corrected chi connectivity index (χ3v) is 2.53. The van der Waals surface area contributed by atoms with Crippen LogP contribution in [0.1, 0.15) is 22.8 Å². The molecular weight excluding hydrogens is 220 g/mol. The molecular formula is C12H16N2O3. The molecule has 0 saturated carbocycles. The molecule has 0 saturated heterocycles. The van der Waals surface area contributed by atoms with E-state index in [9.17, 15) is 9.59 Å². The minimum atomic E-state index is -0.967. The van der Waals surface area contributed by atoms with Crippen molar-refractivity contribution in [3.05, 3.63) is 29.3 Å². The van der Waals surface area contributed by atoms with E-state index >= 15 is 0 Å². The number of carboxylic acid groups (broad SMARTS) is 1. The number of rotatable bonds is 3. The number of nitrogens with zero attached hydrogens (tertiary/aromatic N) is 1. The van der Waals surface area contributed by atoms with E-state index in [1.54, 1.807) is 26.1 Å². The van der Waals surface area contributed by atoms with Gasteiger partial charge in [-0.3, -0.25) is 0 Å². The molecule has 92 valence electrons. The van der Waals surface area contributed by atoms with Gasteiger partial charge in [-0.25, -0.2) is 9.59 Å². The predicted molar refractivity (Wildman–Crippen MR) is 65.5 cm³/mol. The number of benzene rings is 1. The molecule has 0 heterocycles. The normalized spacial score (nSPS) is 9.82. The highest BCUT2D eigenvalue weighted by atomic mass is 16.4. The smallest absolute Gasteiger partial charge is 0.335 e. The molecule has 0 aliphatic carbocycles. The van der Waals surface area contributed by atoms with Gasteiger partial charge < -0.3 is 15.3 Å². The first-order valence-electron chi connectivity index (χ1n) is 5.31. The van der Waals surface area contributed by atoms with Crippen LogP contribution in [-0.2, 0) is 0 Å². The molecule has 0 bridgehead atoms.